The molecule has 2 rings (SSSR count). The molecule has 1 aliphatic heterocycles. The van der Waals surface area contributed by atoms with Crippen LogP contribution in [0, 0.1) is 5.82 Å². The third kappa shape index (κ3) is 2.47. The smallest absolute Gasteiger partial charge is 0.139 e. The number of anilines is 2. The molecular formula is C11H14BrFN2O. The Bertz CT molecular complexity index is 386. The summed E-state index contributed by atoms with van der Waals surface area (Å²) in [6.07, 6.45) is 0.903. The highest BCUT2D eigenvalue weighted by molar-refractivity contribution is 9.10. The van der Waals surface area contributed by atoms with E-state index in [1.165, 1.54) is 6.07 Å². The molecule has 1 aromatic carbocycles. The summed E-state index contributed by atoms with van der Waals surface area (Å²) in [6, 6.07) is 3.54. The number of rotatable bonds is 3. The number of hydrogen-bond acceptors (Lipinski definition) is 3. The minimum absolute atomic E-state index is 0.250. The third-order valence-corrected chi connectivity index (χ3v) is 3.24. The SMILES string of the molecule is COCCC1CNc2cc(Br)c(F)cc2N1. The van der Waals surface area contributed by atoms with Crippen molar-refractivity contribution in [3.8, 4) is 0 Å². The number of ether oxygens (including phenoxy) is 1. The monoisotopic (exact) mass is 288 g/mol. The maximum Gasteiger partial charge on any atom is 0.139 e. The molecule has 0 aliphatic carbocycles. The molecule has 5 heteroatoms. The molecule has 1 atom stereocenters. The zero-order valence-corrected chi connectivity index (χ0v) is 10.6. The Labute approximate surface area is 102 Å². The Morgan fingerprint density at radius 3 is 3.06 bits per heavy atom. The second-order valence-electron chi connectivity index (χ2n) is 3.82. The quantitative estimate of drug-likeness (QED) is 0.897. The van der Waals surface area contributed by atoms with Crippen LogP contribution in [0.15, 0.2) is 16.6 Å². The van der Waals surface area contributed by atoms with Crippen LogP contribution in [0.25, 0.3) is 0 Å². The molecule has 1 unspecified atom stereocenters. The lowest BCUT2D eigenvalue weighted by Gasteiger charge is -2.28. The van der Waals surface area contributed by atoms with E-state index in [2.05, 4.69) is 26.6 Å². The molecule has 0 saturated carbocycles. The average Bonchev–Trinajstić information content (AvgIpc) is 2.28. The van der Waals surface area contributed by atoms with E-state index in [9.17, 15) is 4.39 Å². The molecule has 88 valence electrons. The zero-order valence-electron chi connectivity index (χ0n) is 9.02. The summed E-state index contributed by atoms with van der Waals surface area (Å²) in [6.45, 7) is 1.53. The Hall–Kier alpha value is -0.810. The maximum absolute atomic E-state index is 13.3. The van der Waals surface area contributed by atoms with Crippen LogP contribution in [0.5, 0.6) is 0 Å². The van der Waals surface area contributed by atoms with Crippen molar-refractivity contribution in [2.24, 2.45) is 0 Å². The van der Waals surface area contributed by atoms with Gasteiger partial charge in [-0.3, -0.25) is 0 Å². The molecule has 0 radical (unpaired) electrons. The first kappa shape index (κ1) is 11.7. The molecule has 0 spiro atoms. The lowest BCUT2D eigenvalue weighted by atomic mass is 10.1. The van der Waals surface area contributed by atoms with Gasteiger partial charge in [-0.2, -0.15) is 0 Å². The molecule has 0 aromatic heterocycles. The zero-order chi connectivity index (χ0) is 11.5. The number of benzene rings is 1. The molecule has 1 heterocycles. The fraction of sp³-hybridized carbons (Fsp3) is 0.455. The minimum Gasteiger partial charge on any atom is -0.385 e. The molecule has 0 saturated heterocycles. The largest absolute Gasteiger partial charge is 0.385 e. The van der Waals surface area contributed by atoms with Gasteiger partial charge in [-0.15, -0.1) is 0 Å². The van der Waals surface area contributed by atoms with Crippen molar-refractivity contribution in [1.29, 1.82) is 0 Å². The van der Waals surface area contributed by atoms with Crippen LogP contribution in [0.2, 0.25) is 0 Å². The van der Waals surface area contributed by atoms with E-state index in [1.54, 1.807) is 13.2 Å². The van der Waals surface area contributed by atoms with E-state index in [4.69, 9.17) is 4.74 Å². The van der Waals surface area contributed by atoms with Crippen molar-refractivity contribution in [1.82, 2.24) is 0 Å². The summed E-state index contributed by atoms with van der Waals surface area (Å²) in [5.74, 6) is -0.250. The average molecular weight is 289 g/mol. The first-order valence-corrected chi connectivity index (χ1v) is 5.98. The lowest BCUT2D eigenvalue weighted by molar-refractivity contribution is 0.190. The normalized spacial score (nSPS) is 18.6. The van der Waals surface area contributed by atoms with Gasteiger partial charge >= 0.3 is 0 Å². The van der Waals surface area contributed by atoms with E-state index in [-0.39, 0.29) is 11.9 Å². The highest BCUT2D eigenvalue weighted by atomic mass is 79.9. The summed E-state index contributed by atoms with van der Waals surface area (Å²) >= 11 is 3.17. The Morgan fingerprint density at radius 2 is 2.31 bits per heavy atom. The van der Waals surface area contributed by atoms with Gasteiger partial charge in [0.15, 0.2) is 0 Å². The van der Waals surface area contributed by atoms with Crippen LogP contribution < -0.4 is 10.6 Å². The third-order valence-electron chi connectivity index (χ3n) is 2.63. The fourth-order valence-electron chi connectivity index (χ4n) is 1.75. The second kappa shape index (κ2) is 5.01. The Morgan fingerprint density at radius 1 is 1.50 bits per heavy atom. The van der Waals surface area contributed by atoms with E-state index in [0.717, 1.165) is 24.3 Å². The van der Waals surface area contributed by atoms with Gasteiger partial charge in [0.2, 0.25) is 0 Å². The van der Waals surface area contributed by atoms with Crippen molar-refractivity contribution in [3.63, 3.8) is 0 Å². The molecule has 0 fully saturated rings. The van der Waals surface area contributed by atoms with Crippen molar-refractivity contribution in [3.05, 3.63) is 22.4 Å². The molecule has 2 N–H and O–H groups in total. The van der Waals surface area contributed by atoms with Gasteiger partial charge in [0.1, 0.15) is 5.82 Å². The summed E-state index contributed by atoms with van der Waals surface area (Å²) < 4.78 is 18.9. The summed E-state index contributed by atoms with van der Waals surface area (Å²) in [5.41, 5.74) is 1.75. The van der Waals surface area contributed by atoms with Crippen LogP contribution in [0.4, 0.5) is 15.8 Å². The predicted molar refractivity (Wildman–Crippen MR) is 66.5 cm³/mol. The molecule has 0 amide bonds. The van der Waals surface area contributed by atoms with Gasteiger partial charge in [-0.1, -0.05) is 0 Å². The van der Waals surface area contributed by atoms with Crippen molar-refractivity contribution in [2.45, 2.75) is 12.5 Å². The first-order valence-electron chi connectivity index (χ1n) is 5.19. The fourth-order valence-corrected chi connectivity index (χ4v) is 2.09. The van der Waals surface area contributed by atoms with Crippen LogP contribution in [0.1, 0.15) is 6.42 Å². The van der Waals surface area contributed by atoms with Crippen LogP contribution in [0.3, 0.4) is 0 Å². The Kier molecular flexibility index (Phi) is 3.66. The molecular weight excluding hydrogens is 275 g/mol. The van der Waals surface area contributed by atoms with Crippen molar-refractivity contribution in [2.75, 3.05) is 30.9 Å². The molecule has 1 aromatic rings. The number of nitrogens with one attached hydrogen (secondary N) is 2. The van der Waals surface area contributed by atoms with E-state index >= 15 is 0 Å². The number of fused-ring (bicyclic) bond motifs is 1. The van der Waals surface area contributed by atoms with Crippen LogP contribution in [-0.4, -0.2) is 26.3 Å². The first-order chi connectivity index (χ1) is 7.70. The molecule has 3 nitrogen and oxygen atoms in total. The van der Waals surface area contributed by atoms with Gasteiger partial charge in [0.05, 0.1) is 15.8 Å². The predicted octanol–water partition coefficient (Wildman–Crippen LogP) is 2.83. The lowest BCUT2D eigenvalue weighted by Crippen LogP contribution is -2.33. The van der Waals surface area contributed by atoms with Crippen LogP contribution >= 0.6 is 15.9 Å². The van der Waals surface area contributed by atoms with Gasteiger partial charge in [-0.25, -0.2) is 4.39 Å². The molecule has 0 bridgehead atoms. The maximum atomic E-state index is 13.3. The van der Waals surface area contributed by atoms with Crippen LogP contribution in [-0.2, 0) is 4.74 Å². The number of hydrogen-bond donors (Lipinski definition) is 2. The number of methoxy groups -OCH3 is 1. The number of halogens is 2. The minimum atomic E-state index is -0.250. The Balaban J connectivity index is 2.11. The highest BCUT2D eigenvalue weighted by Gasteiger charge is 2.18. The van der Waals surface area contributed by atoms with Crippen molar-refractivity contribution < 1.29 is 9.13 Å². The standard InChI is InChI=1S/C11H14BrFN2O/c1-16-3-2-7-6-14-10-4-8(12)9(13)5-11(10)15-7/h4-5,7,14-15H,2-3,6H2,1H3. The van der Waals surface area contributed by atoms with E-state index in [1.807, 2.05) is 0 Å². The van der Waals surface area contributed by atoms with E-state index in [0.29, 0.717) is 11.1 Å². The highest BCUT2D eigenvalue weighted by Crippen LogP contribution is 2.31. The summed E-state index contributed by atoms with van der Waals surface area (Å²) in [7, 11) is 1.68. The van der Waals surface area contributed by atoms with Crippen molar-refractivity contribution >= 4 is 27.3 Å². The summed E-state index contributed by atoms with van der Waals surface area (Å²) in [4.78, 5) is 0. The van der Waals surface area contributed by atoms with Gasteiger partial charge in [0.25, 0.3) is 0 Å². The topological polar surface area (TPSA) is 33.3 Å². The van der Waals surface area contributed by atoms with Gasteiger partial charge in [0, 0.05) is 32.4 Å². The van der Waals surface area contributed by atoms with E-state index < -0.39 is 0 Å². The second-order valence-corrected chi connectivity index (χ2v) is 4.67. The summed E-state index contributed by atoms with van der Waals surface area (Å²) in [5, 5.41) is 6.57. The molecule has 16 heavy (non-hydrogen) atoms. The molecule has 1 aliphatic rings. The van der Waals surface area contributed by atoms with Gasteiger partial charge < -0.3 is 15.4 Å². The van der Waals surface area contributed by atoms with Gasteiger partial charge in [-0.05, 0) is 28.4 Å².